The molecule has 3 aromatic rings. The fourth-order valence-electron chi connectivity index (χ4n) is 2.33. The average Bonchev–Trinajstić information content (AvgIpc) is 3.08. The number of rotatable bonds is 5. The van der Waals surface area contributed by atoms with E-state index in [0.717, 1.165) is 11.6 Å². The topological polar surface area (TPSA) is 90.1 Å². The van der Waals surface area contributed by atoms with Crippen molar-refractivity contribution in [3.63, 3.8) is 0 Å². The summed E-state index contributed by atoms with van der Waals surface area (Å²) in [5.41, 5.74) is 1.41. The second-order valence-electron chi connectivity index (χ2n) is 5.28. The number of carbonyl (C=O) groups excluding carboxylic acids is 1. The molecule has 0 spiro atoms. The second kappa shape index (κ2) is 7.14. The predicted octanol–water partition coefficient (Wildman–Crippen LogP) is 3.75. The van der Waals surface area contributed by atoms with Crippen molar-refractivity contribution in [1.29, 1.82) is 0 Å². The predicted molar refractivity (Wildman–Crippen MR) is 93.8 cm³/mol. The molecule has 0 fully saturated rings. The summed E-state index contributed by atoms with van der Waals surface area (Å²) in [6.07, 6.45) is 3.54. The molecule has 1 N–H and O–H groups in total. The molecular weight excluding hydrogens is 344 g/mol. The highest BCUT2D eigenvalue weighted by Gasteiger charge is 2.16. The Morgan fingerprint density at radius 2 is 2.08 bits per heavy atom. The van der Waals surface area contributed by atoms with Crippen LogP contribution in [0.4, 0.5) is 11.4 Å². The van der Waals surface area contributed by atoms with Gasteiger partial charge in [0.2, 0.25) is 0 Å². The lowest BCUT2D eigenvalue weighted by atomic mass is 10.1. The second-order valence-corrected chi connectivity index (χ2v) is 5.69. The molecule has 0 aliphatic heterocycles. The Labute approximate surface area is 148 Å². The molecule has 0 atom stereocenters. The van der Waals surface area contributed by atoms with Crippen LogP contribution in [-0.4, -0.2) is 20.6 Å². The summed E-state index contributed by atoms with van der Waals surface area (Å²) in [5, 5.41) is 17.8. The van der Waals surface area contributed by atoms with Crippen molar-refractivity contribution in [1.82, 2.24) is 9.78 Å². The highest BCUT2D eigenvalue weighted by Crippen LogP contribution is 2.25. The van der Waals surface area contributed by atoms with E-state index >= 15 is 0 Å². The summed E-state index contributed by atoms with van der Waals surface area (Å²) in [5.74, 6) is -0.448. The van der Waals surface area contributed by atoms with Gasteiger partial charge in [-0.2, -0.15) is 5.10 Å². The fraction of sp³-hybridized carbons (Fsp3) is 0.0588. The van der Waals surface area contributed by atoms with Crippen LogP contribution in [0, 0.1) is 10.1 Å². The van der Waals surface area contributed by atoms with Gasteiger partial charge in [0, 0.05) is 29.7 Å². The number of hydrogen-bond acceptors (Lipinski definition) is 4. The third-order valence-electron chi connectivity index (χ3n) is 3.49. The molecule has 1 aromatic heterocycles. The van der Waals surface area contributed by atoms with Gasteiger partial charge in [-0.05, 0) is 35.9 Å². The van der Waals surface area contributed by atoms with Crippen molar-refractivity contribution in [3.05, 3.63) is 87.2 Å². The maximum Gasteiger partial charge on any atom is 0.288 e. The minimum absolute atomic E-state index is 0.0113. The molecule has 7 nitrogen and oxygen atoms in total. The van der Waals surface area contributed by atoms with Crippen LogP contribution in [0.15, 0.2) is 60.9 Å². The molecule has 126 valence electrons. The molecule has 0 saturated heterocycles. The third kappa shape index (κ3) is 4.02. The average molecular weight is 357 g/mol. The van der Waals surface area contributed by atoms with Crippen LogP contribution in [0.3, 0.4) is 0 Å². The maximum absolute atomic E-state index is 12.3. The molecule has 1 heterocycles. The summed E-state index contributed by atoms with van der Waals surface area (Å²) >= 11 is 5.76. The first kappa shape index (κ1) is 16.7. The Bertz CT molecular complexity index is 925. The Balaban J connectivity index is 1.77. The van der Waals surface area contributed by atoms with E-state index in [1.807, 2.05) is 30.5 Å². The third-order valence-corrected chi connectivity index (χ3v) is 3.81. The zero-order valence-corrected chi connectivity index (χ0v) is 13.7. The minimum Gasteiger partial charge on any atom is -0.322 e. The van der Waals surface area contributed by atoms with Crippen molar-refractivity contribution in [2.45, 2.75) is 6.54 Å². The van der Waals surface area contributed by atoms with Crippen LogP contribution in [-0.2, 0) is 6.54 Å². The van der Waals surface area contributed by atoms with Crippen LogP contribution < -0.4 is 5.32 Å². The largest absolute Gasteiger partial charge is 0.322 e. The molecule has 0 radical (unpaired) electrons. The summed E-state index contributed by atoms with van der Waals surface area (Å²) < 4.78 is 1.77. The van der Waals surface area contributed by atoms with Crippen LogP contribution in [0.5, 0.6) is 0 Å². The lowest BCUT2D eigenvalue weighted by Crippen LogP contribution is -2.12. The van der Waals surface area contributed by atoms with E-state index < -0.39 is 10.8 Å². The number of nitro groups is 1. The zero-order chi connectivity index (χ0) is 17.8. The van der Waals surface area contributed by atoms with E-state index in [1.54, 1.807) is 16.9 Å². The Morgan fingerprint density at radius 3 is 2.80 bits per heavy atom. The van der Waals surface area contributed by atoms with Gasteiger partial charge in [0.1, 0.15) is 5.02 Å². The summed E-state index contributed by atoms with van der Waals surface area (Å²) in [7, 11) is 0. The molecule has 0 unspecified atom stereocenters. The number of anilines is 1. The number of nitrogens with zero attached hydrogens (tertiary/aromatic N) is 3. The monoisotopic (exact) mass is 356 g/mol. The molecule has 0 bridgehead atoms. The first-order chi connectivity index (χ1) is 12.0. The lowest BCUT2D eigenvalue weighted by molar-refractivity contribution is -0.384. The number of hydrogen-bond donors (Lipinski definition) is 1. The maximum atomic E-state index is 12.3. The van der Waals surface area contributed by atoms with Crippen LogP contribution in [0.25, 0.3) is 0 Å². The molecule has 0 aliphatic carbocycles. The number of nitrogens with one attached hydrogen (secondary N) is 1. The number of aromatic nitrogens is 2. The molecule has 0 saturated carbocycles. The van der Waals surface area contributed by atoms with Gasteiger partial charge in [0.15, 0.2) is 0 Å². The summed E-state index contributed by atoms with van der Waals surface area (Å²) in [6, 6.07) is 13.1. The van der Waals surface area contributed by atoms with Gasteiger partial charge in [-0.15, -0.1) is 0 Å². The smallest absolute Gasteiger partial charge is 0.288 e. The van der Waals surface area contributed by atoms with Crippen LogP contribution in [0.1, 0.15) is 15.9 Å². The fourth-order valence-corrected chi connectivity index (χ4v) is 2.51. The molecule has 2 aromatic carbocycles. The van der Waals surface area contributed by atoms with Crippen molar-refractivity contribution in [2.75, 3.05) is 5.32 Å². The highest BCUT2D eigenvalue weighted by molar-refractivity contribution is 6.32. The normalized spacial score (nSPS) is 10.4. The first-order valence-electron chi connectivity index (χ1n) is 7.34. The number of nitro benzene ring substituents is 1. The molecule has 0 aliphatic rings. The molecule has 3 rings (SSSR count). The van der Waals surface area contributed by atoms with E-state index in [0.29, 0.717) is 12.2 Å². The van der Waals surface area contributed by atoms with Crippen molar-refractivity contribution in [3.8, 4) is 0 Å². The number of amides is 1. The molecule has 25 heavy (non-hydrogen) atoms. The van der Waals surface area contributed by atoms with Gasteiger partial charge in [-0.1, -0.05) is 23.7 Å². The zero-order valence-electron chi connectivity index (χ0n) is 12.9. The summed E-state index contributed by atoms with van der Waals surface area (Å²) in [4.78, 5) is 22.6. The van der Waals surface area contributed by atoms with Gasteiger partial charge in [0.25, 0.3) is 11.6 Å². The molecular formula is C17H13ClN4O3. The van der Waals surface area contributed by atoms with E-state index in [1.165, 1.54) is 12.1 Å². The number of carbonyl (C=O) groups is 1. The highest BCUT2D eigenvalue weighted by atomic mass is 35.5. The quantitative estimate of drug-likeness (QED) is 0.557. The number of halogens is 1. The lowest BCUT2D eigenvalue weighted by Gasteiger charge is -2.08. The Kier molecular flexibility index (Phi) is 4.76. The Morgan fingerprint density at radius 1 is 1.24 bits per heavy atom. The SMILES string of the molecule is O=C(Nc1cccc(Cn2cccn2)c1)c1ccc(Cl)c([N+](=O)[O-])c1. The minimum atomic E-state index is -0.621. The van der Waals surface area contributed by atoms with Crippen LogP contribution in [0.2, 0.25) is 5.02 Å². The standard InChI is InChI=1S/C17H13ClN4O3/c18-15-6-5-13(10-16(15)22(24)25)17(23)20-14-4-1-3-12(9-14)11-21-8-2-7-19-21/h1-10H,11H2,(H,20,23). The van der Waals surface area contributed by atoms with Gasteiger partial charge in [0.05, 0.1) is 11.5 Å². The van der Waals surface area contributed by atoms with Crippen LogP contribution >= 0.6 is 11.6 Å². The van der Waals surface area contributed by atoms with E-state index in [2.05, 4.69) is 10.4 Å². The molecule has 8 heteroatoms. The van der Waals surface area contributed by atoms with Gasteiger partial charge < -0.3 is 5.32 Å². The van der Waals surface area contributed by atoms with Gasteiger partial charge in [-0.3, -0.25) is 19.6 Å². The number of benzene rings is 2. The van der Waals surface area contributed by atoms with E-state index in [9.17, 15) is 14.9 Å². The Hall–Kier alpha value is -3.19. The van der Waals surface area contributed by atoms with Gasteiger partial charge in [-0.25, -0.2) is 0 Å². The van der Waals surface area contributed by atoms with Gasteiger partial charge >= 0.3 is 0 Å². The summed E-state index contributed by atoms with van der Waals surface area (Å²) in [6.45, 7) is 0.573. The molecule has 1 amide bonds. The van der Waals surface area contributed by atoms with E-state index in [-0.39, 0.29) is 16.3 Å². The van der Waals surface area contributed by atoms with Crippen molar-refractivity contribution >= 4 is 28.9 Å². The first-order valence-corrected chi connectivity index (χ1v) is 7.72. The van der Waals surface area contributed by atoms with Crippen molar-refractivity contribution < 1.29 is 9.72 Å². The van der Waals surface area contributed by atoms with Crippen molar-refractivity contribution in [2.24, 2.45) is 0 Å². The van der Waals surface area contributed by atoms with E-state index in [4.69, 9.17) is 11.6 Å².